The molecule has 0 saturated heterocycles. The largest absolute Gasteiger partial charge is 0.477 e. The van der Waals surface area contributed by atoms with Gasteiger partial charge >= 0.3 is 11.7 Å². The molecule has 0 fully saturated rings. The average Bonchev–Trinajstić information content (AvgIpc) is 2.70. The number of hydrogen-bond donors (Lipinski definition) is 2. The second-order valence-electron chi connectivity index (χ2n) is 5.72. The molecular weight excluding hydrogens is 364 g/mol. The molecule has 0 spiro atoms. The van der Waals surface area contributed by atoms with Crippen LogP contribution in [0.3, 0.4) is 0 Å². The van der Waals surface area contributed by atoms with Crippen LogP contribution in [-0.2, 0) is 4.79 Å². The molecule has 142 valence electrons. The number of urea groups is 1. The normalized spacial score (nSPS) is 10.3. The minimum atomic E-state index is -0.893. The molecule has 0 aliphatic carbocycles. The van der Waals surface area contributed by atoms with Crippen molar-refractivity contribution in [3.63, 3.8) is 0 Å². The van der Waals surface area contributed by atoms with Gasteiger partial charge in [0.1, 0.15) is 0 Å². The van der Waals surface area contributed by atoms with Gasteiger partial charge in [-0.25, -0.2) is 9.80 Å². The smallest absolute Gasteiger partial charge is 0.338 e. The Kier molecular flexibility index (Phi) is 5.35. The topological polar surface area (TPSA) is 128 Å². The maximum absolute atomic E-state index is 12.3. The van der Waals surface area contributed by atoms with Crippen molar-refractivity contribution in [1.82, 2.24) is 5.43 Å². The van der Waals surface area contributed by atoms with Crippen LogP contribution in [0.15, 0.2) is 66.7 Å². The first kappa shape index (κ1) is 18.6. The number of benzene rings is 3. The summed E-state index contributed by atoms with van der Waals surface area (Å²) in [5.41, 5.74) is 7.92. The molecule has 0 radical (unpaired) electrons. The van der Waals surface area contributed by atoms with E-state index in [-0.39, 0.29) is 11.4 Å². The Balaban J connectivity index is 1.77. The summed E-state index contributed by atoms with van der Waals surface area (Å²) in [5, 5.41) is 13.5. The molecule has 0 aromatic heterocycles. The summed E-state index contributed by atoms with van der Waals surface area (Å²) in [6.45, 7) is -0.542. The number of nitro benzene ring substituents is 1. The van der Waals surface area contributed by atoms with E-state index in [0.717, 1.165) is 10.4 Å². The van der Waals surface area contributed by atoms with Crippen molar-refractivity contribution in [2.75, 3.05) is 11.6 Å². The fraction of sp³-hybridized carbons (Fsp3) is 0.0526. The molecule has 3 aromatic rings. The van der Waals surface area contributed by atoms with Gasteiger partial charge in [-0.1, -0.05) is 48.5 Å². The van der Waals surface area contributed by atoms with E-state index in [1.807, 2.05) is 18.2 Å². The number of nitro groups is 1. The third-order valence-corrected chi connectivity index (χ3v) is 3.89. The molecule has 3 N–H and O–H groups in total. The van der Waals surface area contributed by atoms with Gasteiger partial charge < -0.3 is 10.5 Å². The summed E-state index contributed by atoms with van der Waals surface area (Å²) in [7, 11) is 0. The molecule has 0 unspecified atom stereocenters. The summed E-state index contributed by atoms with van der Waals surface area (Å²) in [4.78, 5) is 34.6. The minimum Gasteiger partial charge on any atom is -0.477 e. The number of amides is 3. The first-order valence-electron chi connectivity index (χ1n) is 8.20. The molecule has 0 aliphatic rings. The molecule has 28 heavy (non-hydrogen) atoms. The second kappa shape index (κ2) is 8.04. The van der Waals surface area contributed by atoms with Crippen LogP contribution >= 0.6 is 0 Å². The van der Waals surface area contributed by atoms with Gasteiger partial charge in [0.2, 0.25) is 0 Å². The fourth-order valence-electron chi connectivity index (χ4n) is 2.67. The first-order chi connectivity index (χ1) is 13.5. The van der Waals surface area contributed by atoms with Crippen LogP contribution < -0.4 is 20.9 Å². The van der Waals surface area contributed by atoms with E-state index in [9.17, 15) is 19.7 Å². The molecule has 3 amide bonds. The highest BCUT2D eigenvalue weighted by Gasteiger charge is 2.20. The van der Waals surface area contributed by atoms with Crippen LogP contribution in [0.1, 0.15) is 0 Å². The number of rotatable bonds is 5. The Morgan fingerprint density at radius 3 is 2.46 bits per heavy atom. The zero-order valence-electron chi connectivity index (χ0n) is 14.6. The van der Waals surface area contributed by atoms with Crippen LogP contribution in [0.5, 0.6) is 5.75 Å². The summed E-state index contributed by atoms with van der Waals surface area (Å²) < 4.78 is 5.23. The zero-order chi connectivity index (χ0) is 20.1. The zero-order valence-corrected chi connectivity index (χ0v) is 14.6. The van der Waals surface area contributed by atoms with E-state index in [1.54, 1.807) is 30.3 Å². The van der Waals surface area contributed by atoms with Gasteiger partial charge in [-0.15, -0.1) is 0 Å². The number of ether oxygens (including phenoxy) is 1. The number of nitrogens with two attached hydrogens (primary N) is 1. The standard InChI is InChI=1S/C19H16N4O5/c20-19(25)22(15-10-5-7-13-6-1-2-8-14(13)15)21-18(24)12-28-17-11-4-3-9-16(17)23(26)27/h1-11H,12H2,(H2,20,25)(H,21,24). The maximum Gasteiger partial charge on any atom is 0.338 e. The summed E-state index contributed by atoms with van der Waals surface area (Å²) in [6.07, 6.45) is 0. The SMILES string of the molecule is NC(=O)N(NC(=O)COc1ccccc1[N+](=O)[O-])c1cccc2ccccc12. The van der Waals surface area contributed by atoms with Crippen LogP contribution in [0, 0.1) is 10.1 Å². The van der Waals surface area contributed by atoms with Crippen molar-refractivity contribution in [1.29, 1.82) is 0 Å². The maximum atomic E-state index is 12.3. The number of primary amides is 1. The number of carbonyl (C=O) groups is 2. The second-order valence-corrected chi connectivity index (χ2v) is 5.72. The molecule has 9 heteroatoms. The first-order valence-corrected chi connectivity index (χ1v) is 8.20. The molecule has 9 nitrogen and oxygen atoms in total. The van der Waals surface area contributed by atoms with Crippen molar-refractivity contribution in [3.8, 4) is 5.75 Å². The Bertz CT molecular complexity index is 1050. The van der Waals surface area contributed by atoms with Crippen molar-refractivity contribution in [2.45, 2.75) is 0 Å². The van der Waals surface area contributed by atoms with Gasteiger partial charge in [-0.2, -0.15) is 0 Å². The molecule has 3 aromatic carbocycles. The lowest BCUT2D eigenvalue weighted by Crippen LogP contribution is -2.50. The number of hydrogen-bond acceptors (Lipinski definition) is 5. The lowest BCUT2D eigenvalue weighted by molar-refractivity contribution is -0.385. The van der Waals surface area contributed by atoms with E-state index in [2.05, 4.69) is 5.43 Å². The van der Waals surface area contributed by atoms with Crippen LogP contribution in [0.2, 0.25) is 0 Å². The van der Waals surface area contributed by atoms with Crippen LogP contribution in [-0.4, -0.2) is 23.5 Å². The number of carbonyl (C=O) groups excluding carboxylic acids is 2. The molecule has 0 saturated carbocycles. The minimum absolute atomic E-state index is 0.0570. The highest BCUT2D eigenvalue weighted by Crippen LogP contribution is 2.27. The van der Waals surface area contributed by atoms with E-state index < -0.39 is 23.5 Å². The highest BCUT2D eigenvalue weighted by atomic mass is 16.6. The van der Waals surface area contributed by atoms with Crippen LogP contribution in [0.4, 0.5) is 16.2 Å². The fourth-order valence-corrected chi connectivity index (χ4v) is 2.67. The van der Waals surface area contributed by atoms with E-state index in [0.29, 0.717) is 11.1 Å². The van der Waals surface area contributed by atoms with Crippen molar-refractivity contribution < 1.29 is 19.2 Å². The van der Waals surface area contributed by atoms with E-state index in [4.69, 9.17) is 10.5 Å². The van der Waals surface area contributed by atoms with E-state index in [1.165, 1.54) is 18.2 Å². The molecule has 0 aliphatic heterocycles. The van der Waals surface area contributed by atoms with Gasteiger partial charge in [0, 0.05) is 11.5 Å². The van der Waals surface area contributed by atoms with Crippen LogP contribution in [0.25, 0.3) is 10.8 Å². The van der Waals surface area contributed by atoms with Gasteiger partial charge in [0.25, 0.3) is 5.91 Å². The third-order valence-electron chi connectivity index (χ3n) is 3.89. The summed E-state index contributed by atoms with van der Waals surface area (Å²) in [5.74, 6) is -0.761. The Labute approximate surface area is 159 Å². The van der Waals surface area contributed by atoms with Crippen molar-refractivity contribution in [2.24, 2.45) is 5.73 Å². The Hall–Kier alpha value is -4.14. The quantitative estimate of drug-likeness (QED) is 0.519. The number of nitrogens with zero attached hydrogens (tertiary/aromatic N) is 2. The predicted octanol–water partition coefficient (Wildman–Crippen LogP) is 2.74. The highest BCUT2D eigenvalue weighted by molar-refractivity contribution is 6.04. The Morgan fingerprint density at radius 2 is 1.71 bits per heavy atom. The Morgan fingerprint density at radius 1 is 1.04 bits per heavy atom. The van der Waals surface area contributed by atoms with Crippen molar-refractivity contribution in [3.05, 3.63) is 76.8 Å². The number of hydrazine groups is 1. The predicted molar refractivity (Wildman–Crippen MR) is 103 cm³/mol. The monoisotopic (exact) mass is 380 g/mol. The molecule has 0 atom stereocenters. The molecular formula is C19H16N4O5. The lowest BCUT2D eigenvalue weighted by Gasteiger charge is -2.22. The van der Waals surface area contributed by atoms with E-state index >= 15 is 0 Å². The summed E-state index contributed by atoms with van der Waals surface area (Å²) in [6, 6.07) is 17.3. The van der Waals surface area contributed by atoms with Gasteiger partial charge in [0.15, 0.2) is 12.4 Å². The number of nitrogens with one attached hydrogen (secondary N) is 1. The summed E-state index contributed by atoms with van der Waals surface area (Å²) >= 11 is 0. The van der Waals surface area contributed by atoms with Gasteiger partial charge in [-0.05, 0) is 17.5 Å². The molecule has 3 rings (SSSR count). The van der Waals surface area contributed by atoms with Gasteiger partial charge in [-0.3, -0.25) is 20.3 Å². The number of fused-ring (bicyclic) bond motifs is 1. The lowest BCUT2D eigenvalue weighted by atomic mass is 10.1. The third kappa shape index (κ3) is 3.98. The van der Waals surface area contributed by atoms with Crippen molar-refractivity contribution >= 4 is 34.1 Å². The molecule has 0 heterocycles. The number of anilines is 1. The van der Waals surface area contributed by atoms with Gasteiger partial charge in [0.05, 0.1) is 10.6 Å². The molecule has 0 bridgehead atoms. The number of para-hydroxylation sites is 2. The average molecular weight is 380 g/mol.